The molecule has 0 N–H and O–H groups in total. The van der Waals surface area contributed by atoms with Crippen molar-refractivity contribution in [1.82, 2.24) is 0 Å². The average molecular weight is 162 g/mol. The lowest BCUT2D eigenvalue weighted by molar-refractivity contribution is 0.852. The smallest absolute Gasteiger partial charge is 0.123 e. The molecule has 2 heteroatoms. The molecule has 0 bridgehead atoms. The van der Waals surface area contributed by atoms with E-state index < -0.39 is 0 Å². The third-order valence-corrected chi connectivity index (χ3v) is 2.42. The number of hydrogen-bond donors (Lipinski definition) is 0. The van der Waals surface area contributed by atoms with Crippen molar-refractivity contribution in [2.75, 3.05) is 5.75 Å². The summed E-state index contributed by atoms with van der Waals surface area (Å²) in [7, 11) is 0. The zero-order valence-corrected chi connectivity index (χ0v) is 6.84. The van der Waals surface area contributed by atoms with Crippen molar-refractivity contribution in [2.24, 2.45) is 4.99 Å². The van der Waals surface area contributed by atoms with Crippen LogP contribution < -0.4 is 0 Å². The topological polar surface area (TPSA) is 12.4 Å². The first-order valence-electron chi connectivity index (χ1n) is 3.58. The SMILES string of the molecule is [C]1=NC(c2ccccc2)CS1. The quantitative estimate of drug-likeness (QED) is 0.617. The van der Waals surface area contributed by atoms with E-state index in [4.69, 9.17) is 0 Å². The number of hydrogen-bond acceptors (Lipinski definition) is 2. The lowest BCUT2D eigenvalue weighted by atomic mass is 10.1. The number of thioether (sulfide) groups is 1. The van der Waals surface area contributed by atoms with Gasteiger partial charge in [0, 0.05) is 5.75 Å². The maximum Gasteiger partial charge on any atom is 0.123 e. The monoisotopic (exact) mass is 162 g/mol. The van der Waals surface area contributed by atoms with E-state index in [1.165, 1.54) is 5.56 Å². The summed E-state index contributed by atoms with van der Waals surface area (Å²) in [6.45, 7) is 0. The molecule has 0 aromatic heterocycles. The van der Waals surface area contributed by atoms with Gasteiger partial charge in [-0.1, -0.05) is 30.3 Å². The van der Waals surface area contributed by atoms with Gasteiger partial charge in [0.25, 0.3) is 0 Å². The minimum absolute atomic E-state index is 0.348. The number of rotatable bonds is 1. The van der Waals surface area contributed by atoms with Gasteiger partial charge >= 0.3 is 0 Å². The van der Waals surface area contributed by atoms with Gasteiger partial charge < -0.3 is 0 Å². The van der Waals surface area contributed by atoms with Gasteiger partial charge in [-0.15, -0.1) is 11.8 Å². The maximum atomic E-state index is 4.22. The van der Waals surface area contributed by atoms with Crippen molar-refractivity contribution in [2.45, 2.75) is 6.04 Å². The van der Waals surface area contributed by atoms with Crippen molar-refractivity contribution in [3.63, 3.8) is 0 Å². The van der Waals surface area contributed by atoms with E-state index in [1.54, 1.807) is 11.8 Å². The number of aliphatic imine (C=N–C) groups is 1. The predicted molar refractivity (Wildman–Crippen MR) is 49.1 cm³/mol. The average Bonchev–Trinajstić information content (AvgIpc) is 2.58. The molecule has 55 valence electrons. The molecule has 0 saturated carbocycles. The lowest BCUT2D eigenvalue weighted by Gasteiger charge is -2.03. The molecular formula is C9H8NS. The molecule has 0 aliphatic carbocycles. The molecule has 1 unspecified atom stereocenters. The van der Waals surface area contributed by atoms with Gasteiger partial charge in [-0.05, 0) is 5.56 Å². The Balaban J connectivity index is 2.23. The van der Waals surface area contributed by atoms with Crippen molar-refractivity contribution >= 4 is 17.3 Å². The van der Waals surface area contributed by atoms with E-state index in [0.29, 0.717) is 6.04 Å². The molecule has 1 radical (unpaired) electrons. The van der Waals surface area contributed by atoms with Gasteiger partial charge in [0.2, 0.25) is 0 Å². The van der Waals surface area contributed by atoms with Gasteiger partial charge in [-0.25, -0.2) is 0 Å². The highest BCUT2D eigenvalue weighted by Crippen LogP contribution is 2.25. The van der Waals surface area contributed by atoms with Crippen LogP contribution >= 0.6 is 11.8 Å². The fraction of sp³-hybridized carbons (Fsp3) is 0.222. The summed E-state index contributed by atoms with van der Waals surface area (Å²) in [6, 6.07) is 10.7. The van der Waals surface area contributed by atoms with E-state index in [0.717, 1.165) is 5.75 Å². The van der Waals surface area contributed by atoms with Crippen molar-refractivity contribution < 1.29 is 0 Å². The van der Waals surface area contributed by atoms with Gasteiger partial charge in [0.1, 0.15) is 5.55 Å². The van der Waals surface area contributed by atoms with Crippen molar-refractivity contribution in [3.8, 4) is 0 Å². The Bertz CT molecular complexity index is 256. The normalized spacial score (nSPS) is 22.4. The van der Waals surface area contributed by atoms with Crippen LogP contribution in [0.15, 0.2) is 35.3 Å². The molecule has 1 aromatic rings. The van der Waals surface area contributed by atoms with E-state index in [9.17, 15) is 0 Å². The third-order valence-electron chi connectivity index (χ3n) is 1.70. The second kappa shape index (κ2) is 3.09. The van der Waals surface area contributed by atoms with Crippen LogP contribution in [0.25, 0.3) is 0 Å². The summed E-state index contributed by atoms with van der Waals surface area (Å²) in [6.07, 6.45) is 0. The van der Waals surface area contributed by atoms with Gasteiger partial charge in [-0.3, -0.25) is 4.99 Å². The molecular weight excluding hydrogens is 154 g/mol. The molecule has 0 saturated heterocycles. The standard InChI is InChI=1S/C9H8NS/c1-2-4-8(5-3-1)9-6-11-7-10-9/h1-5,9H,6H2. The molecule has 0 amide bonds. The van der Waals surface area contributed by atoms with Crippen LogP contribution in [0.5, 0.6) is 0 Å². The Kier molecular flexibility index (Phi) is 1.95. The van der Waals surface area contributed by atoms with E-state index in [1.807, 2.05) is 18.2 Å². The largest absolute Gasteiger partial charge is 0.267 e. The fourth-order valence-corrected chi connectivity index (χ4v) is 1.80. The zero-order chi connectivity index (χ0) is 7.52. The van der Waals surface area contributed by atoms with Gasteiger partial charge in [0.15, 0.2) is 0 Å². The van der Waals surface area contributed by atoms with Crippen molar-refractivity contribution in [1.29, 1.82) is 0 Å². The molecule has 11 heavy (non-hydrogen) atoms. The number of nitrogens with zero attached hydrogens (tertiary/aromatic N) is 1. The predicted octanol–water partition coefficient (Wildman–Crippen LogP) is 2.38. The van der Waals surface area contributed by atoms with Crippen LogP contribution in [-0.2, 0) is 0 Å². The van der Waals surface area contributed by atoms with E-state index in [2.05, 4.69) is 22.7 Å². The summed E-state index contributed by atoms with van der Waals surface area (Å²) in [5.74, 6) is 1.05. The van der Waals surface area contributed by atoms with Crippen LogP contribution in [0.2, 0.25) is 0 Å². The molecule has 2 rings (SSSR count). The first-order chi connectivity index (χ1) is 5.47. The highest BCUT2D eigenvalue weighted by Gasteiger charge is 2.12. The molecule has 1 atom stereocenters. The van der Waals surface area contributed by atoms with E-state index in [-0.39, 0.29) is 0 Å². The third kappa shape index (κ3) is 1.46. The molecule has 1 heterocycles. The fourth-order valence-electron chi connectivity index (χ4n) is 1.10. The van der Waals surface area contributed by atoms with Crippen LogP contribution in [0, 0.1) is 0 Å². The molecule has 0 fully saturated rings. The summed E-state index contributed by atoms with van der Waals surface area (Å²) >= 11 is 1.66. The van der Waals surface area contributed by atoms with Crippen LogP contribution in [0.1, 0.15) is 11.6 Å². The Morgan fingerprint density at radius 2 is 2.18 bits per heavy atom. The van der Waals surface area contributed by atoms with Crippen LogP contribution in [0.3, 0.4) is 0 Å². The summed E-state index contributed by atoms with van der Waals surface area (Å²) in [5.41, 5.74) is 4.21. The minimum Gasteiger partial charge on any atom is -0.267 e. The maximum absolute atomic E-state index is 4.22. The Morgan fingerprint density at radius 3 is 2.82 bits per heavy atom. The van der Waals surface area contributed by atoms with Gasteiger partial charge in [0.05, 0.1) is 6.04 Å². The van der Waals surface area contributed by atoms with Crippen LogP contribution in [-0.4, -0.2) is 11.3 Å². The molecule has 0 spiro atoms. The molecule has 1 aromatic carbocycles. The Labute approximate surface area is 70.5 Å². The number of benzene rings is 1. The highest BCUT2D eigenvalue weighted by atomic mass is 32.2. The Morgan fingerprint density at radius 1 is 1.36 bits per heavy atom. The summed E-state index contributed by atoms with van der Waals surface area (Å²) in [4.78, 5) is 4.22. The summed E-state index contributed by atoms with van der Waals surface area (Å²) in [5, 5.41) is 0. The first kappa shape index (κ1) is 6.92. The zero-order valence-electron chi connectivity index (χ0n) is 6.03. The van der Waals surface area contributed by atoms with E-state index >= 15 is 0 Å². The first-order valence-corrected chi connectivity index (χ1v) is 4.57. The molecule has 1 aliphatic rings. The highest BCUT2D eigenvalue weighted by molar-refractivity contribution is 8.12. The summed E-state index contributed by atoms with van der Waals surface area (Å²) < 4.78 is 0. The van der Waals surface area contributed by atoms with Gasteiger partial charge in [-0.2, -0.15) is 0 Å². The second-order valence-corrected chi connectivity index (χ2v) is 3.26. The second-order valence-electron chi connectivity index (χ2n) is 2.46. The van der Waals surface area contributed by atoms with Crippen LogP contribution in [0.4, 0.5) is 0 Å². The lowest BCUT2D eigenvalue weighted by Crippen LogP contribution is -1.92. The molecule has 1 aliphatic heterocycles. The Hall–Kier alpha value is -0.760. The molecule has 1 nitrogen and oxygen atoms in total. The van der Waals surface area contributed by atoms with Crippen molar-refractivity contribution in [3.05, 3.63) is 35.9 Å². The minimum atomic E-state index is 0.348.